The molecule has 0 unspecified atom stereocenters. The van der Waals surface area contributed by atoms with E-state index in [9.17, 15) is 0 Å². The third kappa shape index (κ3) is 2.69. The Bertz CT molecular complexity index is 372. The minimum absolute atomic E-state index is 0.483. The average Bonchev–Trinajstić information content (AvgIpc) is 2.30. The Morgan fingerprint density at radius 3 is 2.53 bits per heavy atom. The first kappa shape index (κ1) is 12.0. The Kier molecular flexibility index (Phi) is 4.56. The zero-order valence-corrected chi connectivity index (χ0v) is 9.67. The normalized spacial score (nSPS) is 10.3. The summed E-state index contributed by atoms with van der Waals surface area (Å²) < 4.78 is 10.2. The molecule has 0 amide bonds. The lowest BCUT2D eigenvalue weighted by molar-refractivity contribution is -0.108. The van der Waals surface area contributed by atoms with Gasteiger partial charge in [-0.2, -0.15) is 5.26 Å². The molecule has 1 aromatic heterocycles. The fourth-order valence-corrected chi connectivity index (χ4v) is 1.69. The second kappa shape index (κ2) is 5.71. The van der Waals surface area contributed by atoms with Gasteiger partial charge < -0.3 is 9.47 Å². The van der Waals surface area contributed by atoms with Crippen LogP contribution in [-0.4, -0.2) is 25.5 Å². The molecule has 0 aliphatic rings. The van der Waals surface area contributed by atoms with Crippen LogP contribution in [0.4, 0.5) is 0 Å². The highest BCUT2D eigenvalue weighted by atomic mass is 32.2. The standard InChI is InChI=1S/C10H12N2O2S/c1-13-10(14-2)8-5-4-7(6-11)9(12-8)15-3/h4-5,10H,1-3H3. The summed E-state index contributed by atoms with van der Waals surface area (Å²) in [5, 5.41) is 9.52. The van der Waals surface area contributed by atoms with Crippen LogP contribution in [0.25, 0.3) is 0 Å². The topological polar surface area (TPSA) is 55.1 Å². The Morgan fingerprint density at radius 1 is 1.40 bits per heavy atom. The number of rotatable bonds is 4. The van der Waals surface area contributed by atoms with E-state index in [4.69, 9.17) is 14.7 Å². The van der Waals surface area contributed by atoms with Crippen molar-refractivity contribution in [3.63, 3.8) is 0 Å². The molecule has 5 heteroatoms. The number of methoxy groups -OCH3 is 2. The van der Waals surface area contributed by atoms with Crippen LogP contribution >= 0.6 is 11.8 Å². The Balaban J connectivity index is 3.08. The smallest absolute Gasteiger partial charge is 0.200 e. The summed E-state index contributed by atoms with van der Waals surface area (Å²) in [7, 11) is 3.10. The summed E-state index contributed by atoms with van der Waals surface area (Å²) in [5.41, 5.74) is 1.24. The molecule has 0 atom stereocenters. The third-order valence-corrected chi connectivity index (χ3v) is 2.56. The van der Waals surface area contributed by atoms with Gasteiger partial charge in [0.1, 0.15) is 11.1 Å². The van der Waals surface area contributed by atoms with E-state index in [0.29, 0.717) is 16.3 Å². The Labute approximate surface area is 93.2 Å². The lowest BCUT2D eigenvalue weighted by Crippen LogP contribution is -2.06. The number of aromatic nitrogens is 1. The molecule has 0 bridgehead atoms. The summed E-state index contributed by atoms with van der Waals surface area (Å²) in [4.78, 5) is 4.29. The van der Waals surface area contributed by atoms with Gasteiger partial charge in [-0.3, -0.25) is 0 Å². The van der Waals surface area contributed by atoms with Crippen LogP contribution in [-0.2, 0) is 9.47 Å². The first-order valence-electron chi connectivity index (χ1n) is 4.27. The van der Waals surface area contributed by atoms with Crippen LogP contribution in [0.3, 0.4) is 0 Å². The van der Waals surface area contributed by atoms with Gasteiger partial charge in [-0.1, -0.05) is 0 Å². The van der Waals surface area contributed by atoms with Gasteiger partial charge in [0.05, 0.1) is 11.3 Å². The van der Waals surface area contributed by atoms with Crippen LogP contribution in [0, 0.1) is 11.3 Å². The molecule has 0 fully saturated rings. The Hall–Kier alpha value is -1.09. The molecular formula is C10H12N2O2S. The number of thioether (sulfide) groups is 1. The van der Waals surface area contributed by atoms with Crippen molar-refractivity contribution < 1.29 is 9.47 Å². The molecule has 0 radical (unpaired) electrons. The minimum atomic E-state index is -0.483. The molecule has 4 nitrogen and oxygen atoms in total. The molecule has 0 saturated carbocycles. The highest BCUT2D eigenvalue weighted by Crippen LogP contribution is 2.22. The average molecular weight is 224 g/mol. The van der Waals surface area contributed by atoms with E-state index < -0.39 is 6.29 Å². The maximum absolute atomic E-state index is 8.83. The zero-order chi connectivity index (χ0) is 11.3. The minimum Gasteiger partial charge on any atom is -0.350 e. The number of pyridine rings is 1. The van der Waals surface area contributed by atoms with Gasteiger partial charge in [0.15, 0.2) is 0 Å². The van der Waals surface area contributed by atoms with Crippen molar-refractivity contribution in [2.75, 3.05) is 20.5 Å². The fourth-order valence-electron chi connectivity index (χ4n) is 1.16. The summed E-state index contributed by atoms with van der Waals surface area (Å²) >= 11 is 1.43. The molecule has 80 valence electrons. The van der Waals surface area contributed by atoms with Crippen LogP contribution in [0.2, 0.25) is 0 Å². The maximum atomic E-state index is 8.83. The molecule has 15 heavy (non-hydrogen) atoms. The van der Waals surface area contributed by atoms with Crippen molar-refractivity contribution >= 4 is 11.8 Å². The highest BCUT2D eigenvalue weighted by molar-refractivity contribution is 7.98. The number of hydrogen-bond donors (Lipinski definition) is 0. The molecule has 0 aliphatic heterocycles. The second-order valence-corrected chi connectivity index (χ2v) is 3.50. The maximum Gasteiger partial charge on any atom is 0.200 e. The summed E-state index contributed by atoms with van der Waals surface area (Å²) in [6.07, 6.45) is 1.39. The van der Waals surface area contributed by atoms with E-state index in [1.165, 1.54) is 11.8 Å². The number of nitrogens with zero attached hydrogens (tertiary/aromatic N) is 2. The van der Waals surface area contributed by atoms with Crippen molar-refractivity contribution in [3.05, 3.63) is 23.4 Å². The molecule has 0 aliphatic carbocycles. The summed E-state index contributed by atoms with van der Waals surface area (Å²) in [6.45, 7) is 0. The van der Waals surface area contributed by atoms with E-state index in [1.807, 2.05) is 6.26 Å². The van der Waals surface area contributed by atoms with Crippen LogP contribution in [0.1, 0.15) is 17.5 Å². The molecule has 1 heterocycles. The Morgan fingerprint density at radius 2 is 2.07 bits per heavy atom. The van der Waals surface area contributed by atoms with Crippen molar-refractivity contribution in [2.24, 2.45) is 0 Å². The van der Waals surface area contributed by atoms with Gasteiger partial charge in [0, 0.05) is 14.2 Å². The van der Waals surface area contributed by atoms with Crippen molar-refractivity contribution in [1.82, 2.24) is 4.98 Å². The van der Waals surface area contributed by atoms with E-state index in [2.05, 4.69) is 11.1 Å². The molecule has 0 saturated heterocycles. The molecule has 1 rings (SSSR count). The molecule has 0 N–H and O–H groups in total. The van der Waals surface area contributed by atoms with Crippen molar-refractivity contribution in [2.45, 2.75) is 11.3 Å². The number of hydrogen-bond acceptors (Lipinski definition) is 5. The lowest BCUT2D eigenvalue weighted by atomic mass is 10.2. The van der Waals surface area contributed by atoms with E-state index >= 15 is 0 Å². The summed E-state index contributed by atoms with van der Waals surface area (Å²) in [6, 6.07) is 5.54. The number of nitriles is 1. The van der Waals surface area contributed by atoms with E-state index in [0.717, 1.165) is 0 Å². The van der Waals surface area contributed by atoms with Gasteiger partial charge in [-0.05, 0) is 18.4 Å². The van der Waals surface area contributed by atoms with Crippen molar-refractivity contribution in [1.29, 1.82) is 5.26 Å². The largest absolute Gasteiger partial charge is 0.350 e. The van der Waals surface area contributed by atoms with Crippen molar-refractivity contribution in [3.8, 4) is 6.07 Å². The van der Waals surface area contributed by atoms with Crippen LogP contribution < -0.4 is 0 Å². The monoisotopic (exact) mass is 224 g/mol. The SMILES string of the molecule is COC(OC)c1ccc(C#N)c(SC)n1. The lowest BCUT2D eigenvalue weighted by Gasteiger charge is -2.13. The highest BCUT2D eigenvalue weighted by Gasteiger charge is 2.13. The van der Waals surface area contributed by atoms with E-state index in [-0.39, 0.29) is 0 Å². The van der Waals surface area contributed by atoms with E-state index in [1.54, 1.807) is 26.4 Å². The first-order chi connectivity index (χ1) is 7.26. The van der Waals surface area contributed by atoms with Crippen LogP contribution in [0.15, 0.2) is 17.2 Å². The van der Waals surface area contributed by atoms with Gasteiger partial charge in [0.2, 0.25) is 6.29 Å². The molecule has 1 aromatic rings. The van der Waals surface area contributed by atoms with Crippen LogP contribution in [0.5, 0.6) is 0 Å². The quantitative estimate of drug-likeness (QED) is 0.578. The number of ether oxygens (including phenoxy) is 2. The second-order valence-electron chi connectivity index (χ2n) is 2.71. The first-order valence-corrected chi connectivity index (χ1v) is 5.50. The van der Waals surface area contributed by atoms with Gasteiger partial charge in [0.25, 0.3) is 0 Å². The van der Waals surface area contributed by atoms with Gasteiger partial charge in [-0.15, -0.1) is 11.8 Å². The van der Waals surface area contributed by atoms with Gasteiger partial charge in [-0.25, -0.2) is 4.98 Å². The predicted octanol–water partition coefficient (Wildman–Crippen LogP) is 1.97. The third-order valence-electron chi connectivity index (χ3n) is 1.87. The summed E-state index contributed by atoms with van der Waals surface area (Å²) in [5.74, 6) is 0. The molecule has 0 spiro atoms. The zero-order valence-electron chi connectivity index (χ0n) is 8.85. The fraction of sp³-hybridized carbons (Fsp3) is 0.400. The van der Waals surface area contributed by atoms with Gasteiger partial charge >= 0.3 is 0 Å². The predicted molar refractivity (Wildman–Crippen MR) is 57.5 cm³/mol. The molecule has 0 aromatic carbocycles. The molecular weight excluding hydrogens is 212 g/mol.